The largest absolute Gasteiger partial charge is 0.496 e. The van der Waals surface area contributed by atoms with Gasteiger partial charge in [-0.3, -0.25) is 9.59 Å². The molecule has 6 nitrogen and oxygen atoms in total. The minimum atomic E-state index is -0.267. The van der Waals surface area contributed by atoms with E-state index in [1.54, 1.807) is 18.1 Å². The average Bonchev–Trinajstić information content (AvgIpc) is 3.00. The Morgan fingerprint density at radius 1 is 1.32 bits per heavy atom. The van der Waals surface area contributed by atoms with E-state index in [1.807, 2.05) is 4.90 Å². The van der Waals surface area contributed by atoms with Crippen LogP contribution >= 0.6 is 11.8 Å². The van der Waals surface area contributed by atoms with Gasteiger partial charge in [-0.1, -0.05) is 11.8 Å². The first-order chi connectivity index (χ1) is 12.1. The van der Waals surface area contributed by atoms with Crippen LogP contribution < -0.4 is 9.64 Å². The summed E-state index contributed by atoms with van der Waals surface area (Å²) < 4.78 is 18.8. The molecule has 8 heteroatoms. The van der Waals surface area contributed by atoms with E-state index in [4.69, 9.17) is 4.74 Å². The second-order valence-corrected chi connectivity index (χ2v) is 7.35. The average molecular weight is 368 g/mol. The lowest BCUT2D eigenvalue weighted by Gasteiger charge is -2.33. The van der Waals surface area contributed by atoms with E-state index < -0.39 is 0 Å². The van der Waals surface area contributed by atoms with Crippen molar-refractivity contribution in [2.45, 2.75) is 6.54 Å². The molecule has 2 aliphatic heterocycles. The molecular formula is C17H23FN3O3S+. The molecule has 0 spiro atoms. The molecule has 1 N–H and O–H groups in total. The van der Waals surface area contributed by atoms with E-state index in [0.29, 0.717) is 31.9 Å². The topological polar surface area (TPSA) is 54.3 Å². The first-order valence-corrected chi connectivity index (χ1v) is 9.41. The van der Waals surface area contributed by atoms with Gasteiger partial charge in [0.1, 0.15) is 24.7 Å². The molecular weight excluding hydrogens is 345 g/mol. The van der Waals surface area contributed by atoms with E-state index in [9.17, 15) is 14.0 Å². The van der Waals surface area contributed by atoms with Crippen molar-refractivity contribution in [2.24, 2.45) is 0 Å². The van der Waals surface area contributed by atoms with Crippen LogP contribution in [-0.2, 0) is 11.3 Å². The van der Waals surface area contributed by atoms with Crippen LogP contribution in [-0.4, -0.2) is 73.1 Å². The second kappa shape index (κ2) is 8.05. The van der Waals surface area contributed by atoms with Crippen molar-refractivity contribution in [3.05, 3.63) is 29.6 Å². The van der Waals surface area contributed by atoms with Crippen molar-refractivity contribution in [1.29, 1.82) is 0 Å². The van der Waals surface area contributed by atoms with Crippen LogP contribution in [0.4, 0.5) is 9.18 Å². The van der Waals surface area contributed by atoms with Gasteiger partial charge in [-0.2, -0.15) is 0 Å². The highest BCUT2D eigenvalue weighted by atomic mass is 32.2. The van der Waals surface area contributed by atoms with Gasteiger partial charge in [0.2, 0.25) is 5.91 Å². The van der Waals surface area contributed by atoms with Crippen molar-refractivity contribution in [3.63, 3.8) is 0 Å². The summed E-state index contributed by atoms with van der Waals surface area (Å²) in [5.41, 5.74) is 0.844. The van der Waals surface area contributed by atoms with Crippen LogP contribution in [0.25, 0.3) is 0 Å². The van der Waals surface area contributed by atoms with Gasteiger partial charge in [0.25, 0.3) is 5.24 Å². The number of amides is 2. The molecule has 1 aromatic carbocycles. The molecule has 2 fully saturated rings. The fraction of sp³-hybridized carbons (Fsp3) is 0.529. The second-order valence-electron chi connectivity index (χ2n) is 6.30. The maximum absolute atomic E-state index is 13.5. The SMILES string of the molecule is COc1ccc(F)cc1C[NH+]1CCN(C(=O)CN2CCSC2=O)CC1. The molecule has 0 aromatic heterocycles. The summed E-state index contributed by atoms with van der Waals surface area (Å²) in [5.74, 6) is 1.20. The lowest BCUT2D eigenvalue weighted by atomic mass is 10.1. The number of halogens is 1. The summed E-state index contributed by atoms with van der Waals surface area (Å²) in [6.45, 7) is 4.41. The number of thioether (sulfide) groups is 1. The number of piperazine rings is 1. The summed E-state index contributed by atoms with van der Waals surface area (Å²) in [4.78, 5) is 28.7. The third-order valence-corrected chi connectivity index (χ3v) is 5.57. The summed E-state index contributed by atoms with van der Waals surface area (Å²) in [7, 11) is 1.58. The Morgan fingerprint density at radius 3 is 2.72 bits per heavy atom. The molecule has 25 heavy (non-hydrogen) atoms. The Labute approximate surface area is 150 Å². The highest BCUT2D eigenvalue weighted by Gasteiger charge is 2.29. The highest BCUT2D eigenvalue weighted by Crippen LogP contribution is 2.19. The highest BCUT2D eigenvalue weighted by molar-refractivity contribution is 8.13. The molecule has 0 atom stereocenters. The third kappa shape index (κ3) is 4.43. The zero-order chi connectivity index (χ0) is 17.8. The van der Waals surface area contributed by atoms with Crippen molar-refractivity contribution < 1.29 is 23.6 Å². The standard InChI is InChI=1S/C17H22FN3O3S/c1-24-15-3-2-14(18)10-13(15)11-19-4-6-20(7-5-19)16(22)12-21-8-9-25-17(21)23/h2-3,10H,4-9,11-12H2,1H3/p+1. The number of hydrogen-bond acceptors (Lipinski definition) is 4. The maximum atomic E-state index is 13.5. The summed E-state index contributed by atoms with van der Waals surface area (Å²) in [5, 5.41) is -0.00388. The van der Waals surface area contributed by atoms with Crippen LogP contribution in [0.2, 0.25) is 0 Å². The van der Waals surface area contributed by atoms with E-state index in [0.717, 1.165) is 24.4 Å². The minimum absolute atomic E-state index is 0.00388. The van der Waals surface area contributed by atoms with E-state index in [2.05, 4.69) is 0 Å². The van der Waals surface area contributed by atoms with Gasteiger partial charge >= 0.3 is 0 Å². The smallest absolute Gasteiger partial charge is 0.282 e. The van der Waals surface area contributed by atoms with E-state index >= 15 is 0 Å². The molecule has 0 aliphatic carbocycles. The lowest BCUT2D eigenvalue weighted by Crippen LogP contribution is -3.13. The van der Waals surface area contributed by atoms with Gasteiger partial charge < -0.3 is 19.4 Å². The normalized spacial score (nSPS) is 18.7. The predicted molar refractivity (Wildman–Crippen MR) is 93.4 cm³/mol. The predicted octanol–water partition coefficient (Wildman–Crippen LogP) is 0.230. The molecule has 0 unspecified atom stereocenters. The van der Waals surface area contributed by atoms with Gasteiger partial charge in [0.15, 0.2) is 0 Å². The Balaban J connectivity index is 1.51. The number of quaternary nitrogens is 1. The van der Waals surface area contributed by atoms with Crippen LogP contribution in [0.3, 0.4) is 0 Å². The lowest BCUT2D eigenvalue weighted by molar-refractivity contribution is -0.917. The monoisotopic (exact) mass is 368 g/mol. The molecule has 136 valence electrons. The van der Waals surface area contributed by atoms with Gasteiger partial charge in [-0.05, 0) is 18.2 Å². The summed E-state index contributed by atoms with van der Waals surface area (Å²) in [6.07, 6.45) is 0. The number of carbonyl (C=O) groups is 2. The fourth-order valence-electron chi connectivity index (χ4n) is 3.24. The zero-order valence-electron chi connectivity index (χ0n) is 14.3. The van der Waals surface area contributed by atoms with E-state index in [1.165, 1.54) is 28.8 Å². The van der Waals surface area contributed by atoms with E-state index in [-0.39, 0.29) is 23.5 Å². The molecule has 0 saturated carbocycles. The molecule has 1 aromatic rings. The first-order valence-electron chi connectivity index (χ1n) is 8.42. The number of benzene rings is 1. The third-order valence-electron chi connectivity index (χ3n) is 4.68. The van der Waals surface area contributed by atoms with Gasteiger partial charge in [0.05, 0.1) is 38.9 Å². The molecule has 2 aliphatic rings. The van der Waals surface area contributed by atoms with Crippen LogP contribution in [0.1, 0.15) is 5.56 Å². The van der Waals surface area contributed by atoms with Crippen LogP contribution in [0.15, 0.2) is 18.2 Å². The van der Waals surface area contributed by atoms with Crippen LogP contribution in [0.5, 0.6) is 5.75 Å². The quantitative estimate of drug-likeness (QED) is 0.809. The number of carbonyl (C=O) groups excluding carboxylic acids is 2. The minimum Gasteiger partial charge on any atom is -0.496 e. The number of ether oxygens (including phenoxy) is 1. The van der Waals surface area contributed by atoms with Gasteiger partial charge in [0, 0.05) is 12.3 Å². The van der Waals surface area contributed by atoms with Crippen LogP contribution in [0, 0.1) is 5.82 Å². The molecule has 0 bridgehead atoms. The summed E-state index contributed by atoms with van der Waals surface area (Å²) in [6, 6.07) is 4.56. The van der Waals surface area contributed by atoms with Crippen molar-refractivity contribution in [3.8, 4) is 5.75 Å². The number of methoxy groups -OCH3 is 1. The van der Waals surface area contributed by atoms with Crippen molar-refractivity contribution in [2.75, 3.05) is 52.1 Å². The Kier molecular flexibility index (Phi) is 5.80. The zero-order valence-corrected chi connectivity index (χ0v) is 15.1. The molecule has 2 amide bonds. The Morgan fingerprint density at radius 2 is 2.08 bits per heavy atom. The number of hydrogen-bond donors (Lipinski definition) is 1. The number of rotatable bonds is 5. The van der Waals surface area contributed by atoms with Crippen molar-refractivity contribution >= 4 is 22.9 Å². The van der Waals surface area contributed by atoms with Gasteiger partial charge in [-0.25, -0.2) is 4.39 Å². The number of nitrogens with zero attached hydrogens (tertiary/aromatic N) is 2. The molecule has 2 saturated heterocycles. The molecule has 2 heterocycles. The maximum Gasteiger partial charge on any atom is 0.282 e. The Hall–Kier alpha value is -1.80. The van der Waals surface area contributed by atoms with Gasteiger partial charge in [-0.15, -0.1) is 0 Å². The summed E-state index contributed by atoms with van der Waals surface area (Å²) >= 11 is 1.27. The Bertz CT molecular complexity index is 650. The molecule has 0 radical (unpaired) electrons. The fourth-order valence-corrected chi connectivity index (χ4v) is 4.06. The first kappa shape index (κ1) is 18.0. The van der Waals surface area contributed by atoms with Crippen molar-refractivity contribution in [1.82, 2.24) is 9.80 Å². The number of nitrogens with one attached hydrogen (secondary N) is 1. The molecule has 3 rings (SSSR count).